The van der Waals surface area contributed by atoms with E-state index >= 15 is 0 Å². The lowest BCUT2D eigenvalue weighted by molar-refractivity contribution is -0.121. The first-order valence-corrected chi connectivity index (χ1v) is 6.84. The van der Waals surface area contributed by atoms with Crippen LogP contribution in [0, 0.1) is 0 Å². The van der Waals surface area contributed by atoms with Crippen molar-refractivity contribution in [3.8, 4) is 0 Å². The molecule has 1 heterocycles. The van der Waals surface area contributed by atoms with E-state index in [0.29, 0.717) is 25.6 Å². The van der Waals surface area contributed by atoms with Crippen molar-refractivity contribution < 1.29 is 9.53 Å². The Balaban J connectivity index is 1.85. The maximum atomic E-state index is 11.8. The third kappa shape index (κ3) is 4.92. The first-order chi connectivity index (χ1) is 10.3. The van der Waals surface area contributed by atoms with Crippen LogP contribution >= 0.6 is 0 Å². The maximum Gasteiger partial charge on any atom is 0.240 e. The van der Waals surface area contributed by atoms with Gasteiger partial charge >= 0.3 is 0 Å². The lowest BCUT2D eigenvalue weighted by Crippen LogP contribution is -2.30. The van der Waals surface area contributed by atoms with Gasteiger partial charge in [0.05, 0.1) is 6.61 Å². The number of aromatic nitrogens is 2. The first-order valence-electron chi connectivity index (χ1n) is 6.84. The van der Waals surface area contributed by atoms with Crippen LogP contribution < -0.4 is 10.6 Å². The molecule has 1 aromatic carbocycles. The molecule has 0 bridgehead atoms. The van der Waals surface area contributed by atoms with E-state index in [1.165, 1.54) is 0 Å². The van der Waals surface area contributed by atoms with Gasteiger partial charge in [-0.3, -0.25) is 4.79 Å². The summed E-state index contributed by atoms with van der Waals surface area (Å²) in [5, 5.41) is 6.01. The second-order valence-electron chi connectivity index (χ2n) is 4.56. The molecule has 21 heavy (non-hydrogen) atoms. The molecule has 0 saturated heterocycles. The Labute approximate surface area is 124 Å². The number of nitrogens with zero attached hydrogens (tertiary/aromatic N) is 2. The number of methoxy groups -OCH3 is 1. The molecular weight excluding hydrogens is 268 g/mol. The molecule has 0 unspecified atom stereocenters. The van der Waals surface area contributed by atoms with Crippen LogP contribution in [0.5, 0.6) is 0 Å². The fourth-order valence-electron chi connectivity index (χ4n) is 1.88. The molecule has 2 aromatic rings. The van der Waals surface area contributed by atoms with E-state index in [4.69, 9.17) is 4.74 Å². The Morgan fingerprint density at radius 2 is 2.14 bits per heavy atom. The lowest BCUT2D eigenvalue weighted by atomic mass is 10.2. The molecule has 2 N–H and O–H groups in total. The molecule has 0 radical (unpaired) electrons. The summed E-state index contributed by atoms with van der Waals surface area (Å²) >= 11 is 0. The van der Waals surface area contributed by atoms with Gasteiger partial charge in [0.15, 0.2) is 0 Å². The highest BCUT2D eigenvalue weighted by Gasteiger charge is 2.07. The van der Waals surface area contributed by atoms with E-state index < -0.39 is 0 Å². The highest BCUT2D eigenvalue weighted by atomic mass is 16.5. The number of ether oxygens (including phenoxy) is 1. The van der Waals surface area contributed by atoms with E-state index in [0.717, 1.165) is 5.56 Å². The lowest BCUT2D eigenvalue weighted by Gasteiger charge is -2.10. The number of hydrogen-bond donors (Lipinski definition) is 2. The van der Waals surface area contributed by atoms with Gasteiger partial charge in [-0.15, -0.1) is 0 Å². The predicted octanol–water partition coefficient (Wildman–Crippen LogP) is 1.26. The Morgan fingerprint density at radius 1 is 1.33 bits per heavy atom. The largest absolute Gasteiger partial charge is 0.383 e. The van der Waals surface area contributed by atoms with Crippen LogP contribution in [0.1, 0.15) is 5.56 Å². The average molecular weight is 288 g/mol. The second kappa shape index (κ2) is 8.06. The van der Waals surface area contributed by atoms with Crippen molar-refractivity contribution in [2.45, 2.75) is 13.1 Å². The molecular formula is C15H20N4O2. The summed E-state index contributed by atoms with van der Waals surface area (Å²) in [7, 11) is 1.60. The zero-order valence-corrected chi connectivity index (χ0v) is 12.1. The number of rotatable bonds is 8. The van der Waals surface area contributed by atoms with E-state index in [9.17, 15) is 4.79 Å². The maximum absolute atomic E-state index is 11.8. The van der Waals surface area contributed by atoms with Gasteiger partial charge in [-0.1, -0.05) is 30.3 Å². The Kier molecular flexibility index (Phi) is 5.78. The molecule has 0 aliphatic carbocycles. The summed E-state index contributed by atoms with van der Waals surface area (Å²) in [5.74, 6) is 0.619. The molecule has 2 rings (SSSR count). The van der Waals surface area contributed by atoms with Crippen LogP contribution in [0.15, 0.2) is 42.7 Å². The number of anilines is 1. The van der Waals surface area contributed by atoms with Gasteiger partial charge in [0.1, 0.15) is 6.54 Å². The Morgan fingerprint density at radius 3 is 2.90 bits per heavy atom. The Bertz CT molecular complexity index is 554. The third-order valence-corrected chi connectivity index (χ3v) is 2.95. The molecule has 112 valence electrons. The first kappa shape index (κ1) is 15.1. The minimum Gasteiger partial charge on any atom is -0.383 e. The quantitative estimate of drug-likeness (QED) is 0.718. The molecule has 6 heteroatoms. The van der Waals surface area contributed by atoms with E-state index in [-0.39, 0.29) is 12.5 Å². The fourth-order valence-corrected chi connectivity index (χ4v) is 1.88. The summed E-state index contributed by atoms with van der Waals surface area (Å²) in [4.78, 5) is 16.0. The van der Waals surface area contributed by atoms with Crippen molar-refractivity contribution in [3.63, 3.8) is 0 Å². The molecule has 0 aliphatic rings. The van der Waals surface area contributed by atoms with Gasteiger partial charge < -0.3 is 19.9 Å². The van der Waals surface area contributed by atoms with E-state index in [2.05, 4.69) is 15.6 Å². The van der Waals surface area contributed by atoms with Gasteiger partial charge in [0, 0.05) is 32.6 Å². The van der Waals surface area contributed by atoms with Crippen molar-refractivity contribution in [2.75, 3.05) is 25.6 Å². The smallest absolute Gasteiger partial charge is 0.240 e. The monoisotopic (exact) mass is 288 g/mol. The topological polar surface area (TPSA) is 68.2 Å². The van der Waals surface area contributed by atoms with Crippen molar-refractivity contribution in [3.05, 3.63) is 48.3 Å². The van der Waals surface area contributed by atoms with Gasteiger partial charge in [-0.25, -0.2) is 4.98 Å². The van der Waals surface area contributed by atoms with Crippen LogP contribution in [0.4, 0.5) is 5.95 Å². The van der Waals surface area contributed by atoms with Crippen molar-refractivity contribution >= 4 is 11.9 Å². The molecule has 0 aliphatic heterocycles. The van der Waals surface area contributed by atoms with Crippen molar-refractivity contribution in [1.82, 2.24) is 14.9 Å². The molecule has 0 atom stereocenters. The SMILES string of the molecule is COCCNC(=O)Cn1ccnc1NCc1ccccc1. The molecule has 1 amide bonds. The fraction of sp³-hybridized carbons (Fsp3) is 0.333. The Hall–Kier alpha value is -2.34. The van der Waals surface area contributed by atoms with Crippen molar-refractivity contribution in [2.24, 2.45) is 0 Å². The summed E-state index contributed by atoms with van der Waals surface area (Å²) in [6.07, 6.45) is 3.46. The molecule has 1 aromatic heterocycles. The van der Waals surface area contributed by atoms with Crippen LogP contribution in [0.25, 0.3) is 0 Å². The zero-order chi connectivity index (χ0) is 14.9. The number of hydrogen-bond acceptors (Lipinski definition) is 4. The summed E-state index contributed by atoms with van der Waals surface area (Å²) in [6, 6.07) is 10.0. The summed E-state index contributed by atoms with van der Waals surface area (Å²) < 4.78 is 6.68. The van der Waals surface area contributed by atoms with Crippen molar-refractivity contribution in [1.29, 1.82) is 0 Å². The highest BCUT2D eigenvalue weighted by Crippen LogP contribution is 2.07. The van der Waals surface area contributed by atoms with Crippen LogP contribution in [-0.2, 0) is 22.6 Å². The molecule has 0 fully saturated rings. The number of carbonyl (C=O) groups excluding carboxylic acids is 1. The number of carbonyl (C=O) groups is 1. The van der Waals surface area contributed by atoms with E-state index in [1.54, 1.807) is 24.1 Å². The minimum absolute atomic E-state index is 0.0622. The average Bonchev–Trinajstić information content (AvgIpc) is 2.93. The predicted molar refractivity (Wildman–Crippen MR) is 80.9 cm³/mol. The number of nitrogens with one attached hydrogen (secondary N) is 2. The van der Waals surface area contributed by atoms with E-state index in [1.807, 2.05) is 30.3 Å². The normalized spacial score (nSPS) is 10.3. The molecule has 0 saturated carbocycles. The number of imidazole rings is 1. The minimum atomic E-state index is -0.0622. The standard InChI is InChI=1S/C15H20N4O2/c1-21-10-8-16-14(20)12-19-9-7-17-15(19)18-11-13-5-3-2-4-6-13/h2-7,9H,8,10-12H2,1H3,(H,16,20)(H,17,18). The molecule has 0 spiro atoms. The second-order valence-corrected chi connectivity index (χ2v) is 4.56. The van der Waals surface area contributed by atoms with Gasteiger partial charge in [0.2, 0.25) is 11.9 Å². The number of benzene rings is 1. The van der Waals surface area contributed by atoms with Crippen LogP contribution in [0.2, 0.25) is 0 Å². The van der Waals surface area contributed by atoms with Crippen LogP contribution in [-0.4, -0.2) is 35.7 Å². The third-order valence-electron chi connectivity index (χ3n) is 2.95. The van der Waals surface area contributed by atoms with Gasteiger partial charge in [0.25, 0.3) is 0 Å². The summed E-state index contributed by atoms with van der Waals surface area (Å²) in [5.41, 5.74) is 1.16. The zero-order valence-electron chi connectivity index (χ0n) is 12.1. The molecule has 6 nitrogen and oxygen atoms in total. The highest BCUT2D eigenvalue weighted by molar-refractivity contribution is 5.76. The van der Waals surface area contributed by atoms with Gasteiger partial charge in [-0.2, -0.15) is 0 Å². The number of amides is 1. The summed E-state index contributed by atoms with van der Waals surface area (Å²) in [6.45, 7) is 1.93. The van der Waals surface area contributed by atoms with Gasteiger partial charge in [-0.05, 0) is 5.56 Å². The van der Waals surface area contributed by atoms with Crippen LogP contribution in [0.3, 0.4) is 0 Å².